The standard InChI is InChI=1S/C28H26N2O5/c31-26(30-16-8-15-24(30)27(32)33)25(18-9-2-1-3-10-18)29-28(34)35-17-23-21-13-6-4-11-19(21)20-12-5-7-14-22(20)23/h1-7,9-14,23-25H,8,15-17H2,(H,29,34)(H,32,33)/t24-,25-/m1/s1. The number of hydrogen-bond donors (Lipinski definition) is 2. The number of aliphatic carboxylic acids is 1. The number of ether oxygens (including phenoxy) is 1. The largest absolute Gasteiger partial charge is 0.480 e. The number of benzene rings is 3. The molecule has 1 saturated heterocycles. The minimum Gasteiger partial charge on any atom is -0.480 e. The lowest BCUT2D eigenvalue weighted by molar-refractivity contribution is -0.149. The van der Waals surface area contributed by atoms with Crippen LogP contribution in [0.3, 0.4) is 0 Å². The summed E-state index contributed by atoms with van der Waals surface area (Å²) in [5.41, 5.74) is 5.02. The van der Waals surface area contributed by atoms with E-state index in [-0.39, 0.29) is 12.5 Å². The molecule has 3 aromatic carbocycles. The Morgan fingerprint density at radius 2 is 1.51 bits per heavy atom. The molecule has 1 fully saturated rings. The fourth-order valence-corrected chi connectivity index (χ4v) is 5.14. The van der Waals surface area contributed by atoms with E-state index < -0.39 is 30.1 Å². The smallest absolute Gasteiger partial charge is 0.408 e. The van der Waals surface area contributed by atoms with E-state index in [0.29, 0.717) is 24.9 Å². The zero-order chi connectivity index (χ0) is 24.4. The van der Waals surface area contributed by atoms with Gasteiger partial charge in [-0.1, -0.05) is 78.9 Å². The first-order valence-corrected chi connectivity index (χ1v) is 11.7. The summed E-state index contributed by atoms with van der Waals surface area (Å²) in [6.07, 6.45) is 0.281. The summed E-state index contributed by atoms with van der Waals surface area (Å²) in [4.78, 5) is 39.3. The highest BCUT2D eigenvalue weighted by molar-refractivity contribution is 5.90. The van der Waals surface area contributed by atoms with Crippen LogP contribution in [0.2, 0.25) is 0 Å². The van der Waals surface area contributed by atoms with Crippen molar-refractivity contribution >= 4 is 18.0 Å². The van der Waals surface area contributed by atoms with Crippen molar-refractivity contribution in [3.8, 4) is 11.1 Å². The summed E-state index contributed by atoms with van der Waals surface area (Å²) >= 11 is 0. The second-order valence-electron chi connectivity index (χ2n) is 8.84. The van der Waals surface area contributed by atoms with E-state index in [9.17, 15) is 19.5 Å². The lowest BCUT2D eigenvalue weighted by Crippen LogP contribution is -2.47. The highest BCUT2D eigenvalue weighted by Gasteiger charge is 2.38. The third-order valence-electron chi connectivity index (χ3n) is 6.81. The topological polar surface area (TPSA) is 95.9 Å². The van der Waals surface area contributed by atoms with Gasteiger partial charge < -0.3 is 20.1 Å². The molecular weight excluding hydrogens is 444 g/mol. The third kappa shape index (κ3) is 4.37. The van der Waals surface area contributed by atoms with Crippen molar-refractivity contribution in [1.29, 1.82) is 0 Å². The molecule has 1 aliphatic heterocycles. The molecule has 2 amide bonds. The average molecular weight is 471 g/mol. The number of alkyl carbamates (subject to hydrolysis) is 1. The third-order valence-corrected chi connectivity index (χ3v) is 6.81. The Balaban J connectivity index is 1.33. The Kier molecular flexibility index (Phi) is 6.23. The second-order valence-corrected chi connectivity index (χ2v) is 8.84. The normalized spacial score (nSPS) is 17.4. The molecule has 2 atom stereocenters. The summed E-state index contributed by atoms with van der Waals surface area (Å²) in [6.45, 7) is 0.461. The van der Waals surface area contributed by atoms with Crippen LogP contribution in [-0.4, -0.2) is 47.2 Å². The predicted molar refractivity (Wildman–Crippen MR) is 130 cm³/mol. The van der Waals surface area contributed by atoms with Crippen LogP contribution in [0.1, 0.15) is 41.5 Å². The Morgan fingerprint density at radius 1 is 0.914 bits per heavy atom. The van der Waals surface area contributed by atoms with Crippen molar-refractivity contribution in [2.45, 2.75) is 30.8 Å². The van der Waals surface area contributed by atoms with Crippen molar-refractivity contribution in [2.24, 2.45) is 0 Å². The van der Waals surface area contributed by atoms with Crippen molar-refractivity contribution in [3.05, 3.63) is 95.6 Å². The maximum Gasteiger partial charge on any atom is 0.408 e. The lowest BCUT2D eigenvalue weighted by Gasteiger charge is -2.27. The van der Waals surface area contributed by atoms with Crippen molar-refractivity contribution < 1.29 is 24.2 Å². The number of carbonyl (C=O) groups excluding carboxylic acids is 2. The van der Waals surface area contributed by atoms with Crippen LogP contribution >= 0.6 is 0 Å². The first kappa shape index (κ1) is 22.7. The van der Waals surface area contributed by atoms with Crippen molar-refractivity contribution in [3.63, 3.8) is 0 Å². The molecule has 0 spiro atoms. The molecular formula is C28H26N2O5. The van der Waals surface area contributed by atoms with Crippen LogP contribution in [0.4, 0.5) is 4.79 Å². The molecule has 0 saturated carbocycles. The molecule has 2 aliphatic rings. The van der Waals surface area contributed by atoms with Crippen LogP contribution in [0, 0.1) is 0 Å². The molecule has 7 heteroatoms. The predicted octanol–water partition coefficient (Wildman–Crippen LogP) is 4.34. The summed E-state index contributed by atoms with van der Waals surface area (Å²) in [5, 5.41) is 12.2. The Hall–Kier alpha value is -4.13. The summed E-state index contributed by atoms with van der Waals surface area (Å²) in [7, 11) is 0. The molecule has 0 bridgehead atoms. The van der Waals surface area contributed by atoms with Gasteiger partial charge in [0, 0.05) is 12.5 Å². The molecule has 2 N–H and O–H groups in total. The molecule has 1 aliphatic carbocycles. The maximum atomic E-state index is 13.4. The SMILES string of the molecule is O=C(N[C@@H](C(=O)N1CCC[C@@H]1C(=O)O)c1ccccc1)OCC1c2ccccc2-c2ccccc21. The number of fused-ring (bicyclic) bond motifs is 3. The number of carbonyl (C=O) groups is 3. The number of nitrogens with one attached hydrogen (secondary N) is 1. The van der Waals surface area contributed by atoms with Crippen LogP contribution in [-0.2, 0) is 14.3 Å². The van der Waals surface area contributed by atoms with E-state index >= 15 is 0 Å². The molecule has 1 heterocycles. The second kappa shape index (κ2) is 9.62. The number of carboxylic acids is 1. The average Bonchev–Trinajstić information content (AvgIpc) is 3.50. The van der Waals surface area contributed by atoms with E-state index in [2.05, 4.69) is 17.4 Å². The van der Waals surface area contributed by atoms with Crippen LogP contribution in [0.15, 0.2) is 78.9 Å². The maximum absolute atomic E-state index is 13.4. The van der Waals surface area contributed by atoms with Gasteiger partial charge in [-0.05, 0) is 40.7 Å². The van der Waals surface area contributed by atoms with Gasteiger partial charge in [0.05, 0.1) is 0 Å². The summed E-state index contributed by atoms with van der Waals surface area (Å²) in [5.74, 6) is -1.59. The number of hydrogen-bond acceptors (Lipinski definition) is 4. The van der Waals surface area contributed by atoms with Crippen LogP contribution < -0.4 is 5.32 Å². The van der Waals surface area contributed by atoms with E-state index in [1.54, 1.807) is 24.3 Å². The fourth-order valence-electron chi connectivity index (χ4n) is 5.14. The van der Waals surface area contributed by atoms with E-state index in [0.717, 1.165) is 22.3 Å². The first-order valence-electron chi connectivity index (χ1n) is 11.7. The van der Waals surface area contributed by atoms with Gasteiger partial charge in [0.25, 0.3) is 5.91 Å². The van der Waals surface area contributed by atoms with E-state index in [1.807, 2.05) is 42.5 Å². The minimum absolute atomic E-state index is 0.103. The number of amides is 2. The van der Waals surface area contributed by atoms with Gasteiger partial charge in [-0.3, -0.25) is 4.79 Å². The Morgan fingerprint density at radius 3 is 2.14 bits per heavy atom. The molecule has 7 nitrogen and oxygen atoms in total. The van der Waals surface area contributed by atoms with Crippen LogP contribution in [0.5, 0.6) is 0 Å². The first-order chi connectivity index (χ1) is 17.0. The number of carboxylic acid groups (broad SMARTS) is 1. The fraction of sp³-hybridized carbons (Fsp3) is 0.250. The number of nitrogens with zero attached hydrogens (tertiary/aromatic N) is 1. The van der Waals surface area contributed by atoms with Gasteiger partial charge in [0.2, 0.25) is 0 Å². The molecule has 0 aromatic heterocycles. The van der Waals surface area contributed by atoms with Crippen molar-refractivity contribution in [2.75, 3.05) is 13.2 Å². The van der Waals surface area contributed by atoms with Crippen LogP contribution in [0.25, 0.3) is 11.1 Å². The number of rotatable bonds is 6. The summed E-state index contributed by atoms with van der Waals surface area (Å²) < 4.78 is 5.64. The van der Waals surface area contributed by atoms with Gasteiger partial charge in [-0.2, -0.15) is 0 Å². The monoisotopic (exact) mass is 470 g/mol. The van der Waals surface area contributed by atoms with Gasteiger partial charge >= 0.3 is 12.1 Å². The molecule has 178 valence electrons. The molecule has 0 unspecified atom stereocenters. The number of likely N-dealkylation sites (tertiary alicyclic amines) is 1. The van der Waals surface area contributed by atoms with Gasteiger partial charge in [-0.15, -0.1) is 0 Å². The highest BCUT2D eigenvalue weighted by Crippen LogP contribution is 2.44. The van der Waals surface area contributed by atoms with E-state index in [4.69, 9.17) is 4.74 Å². The highest BCUT2D eigenvalue weighted by atomic mass is 16.5. The zero-order valence-corrected chi connectivity index (χ0v) is 19.1. The van der Waals surface area contributed by atoms with Gasteiger partial charge in [0.1, 0.15) is 18.7 Å². The molecule has 3 aromatic rings. The molecule has 35 heavy (non-hydrogen) atoms. The van der Waals surface area contributed by atoms with E-state index in [1.165, 1.54) is 4.90 Å². The molecule has 5 rings (SSSR count). The van der Waals surface area contributed by atoms with Gasteiger partial charge in [-0.25, -0.2) is 9.59 Å². The molecule has 0 radical (unpaired) electrons. The lowest BCUT2D eigenvalue weighted by atomic mass is 9.98. The van der Waals surface area contributed by atoms with Gasteiger partial charge in [0.15, 0.2) is 0 Å². The van der Waals surface area contributed by atoms with Crippen molar-refractivity contribution in [1.82, 2.24) is 10.2 Å². The summed E-state index contributed by atoms with van der Waals surface area (Å²) in [6, 6.07) is 23.0. The Labute approximate surface area is 203 Å². The Bertz CT molecular complexity index is 1210. The zero-order valence-electron chi connectivity index (χ0n) is 19.1. The minimum atomic E-state index is -1.04. The quantitative estimate of drug-likeness (QED) is 0.559.